The second-order valence-electron chi connectivity index (χ2n) is 43.7. The first-order valence-corrected chi connectivity index (χ1v) is 45.7. The van der Waals surface area contributed by atoms with E-state index in [1.54, 1.807) is 32.6 Å². The molecule has 1 aliphatic heterocycles. The molecule has 0 spiro atoms. The highest BCUT2D eigenvalue weighted by Gasteiger charge is 2.59. The third-order valence-corrected chi connectivity index (χ3v) is 25.7. The molecule has 0 aromatic carbocycles. The van der Waals surface area contributed by atoms with E-state index in [1.165, 1.54) is 4.90 Å². The molecule has 1 amide bonds. The Balaban J connectivity index is 0.000000715. The Morgan fingerprint density at radius 3 is 1.08 bits per heavy atom. The van der Waals surface area contributed by atoms with Crippen LogP contribution in [0.4, 0.5) is 4.79 Å². The second kappa shape index (κ2) is 49.4. The summed E-state index contributed by atoms with van der Waals surface area (Å²) >= 11 is 0. The third-order valence-electron chi connectivity index (χ3n) is 25.7. The number of rotatable bonds is 24. The summed E-state index contributed by atoms with van der Waals surface area (Å²) < 4.78 is 15.7. The summed E-state index contributed by atoms with van der Waals surface area (Å²) in [4.78, 5) is 180. The predicted octanol–water partition coefficient (Wildman–Crippen LogP) is 19.5. The number of carbonyl (C=O) groups is 15. The molecule has 7 unspecified atom stereocenters. The van der Waals surface area contributed by atoms with E-state index in [-0.39, 0.29) is 135 Å². The molecule has 25 heteroatoms. The zero-order valence-corrected chi connectivity index (χ0v) is 80.5. The Morgan fingerprint density at radius 2 is 0.730 bits per heavy atom. The number of carboxylic acid groups (broad SMARTS) is 5. The average molecular weight is 1730 g/mol. The molecule has 5 N–H and O–H groups in total. The molecular formula is C97H166N2O23. The van der Waals surface area contributed by atoms with Gasteiger partial charge in [0.15, 0.2) is 5.78 Å². The summed E-state index contributed by atoms with van der Waals surface area (Å²) in [7, 11) is 0. The Morgan fingerprint density at radius 1 is 0.361 bits per heavy atom. The van der Waals surface area contributed by atoms with Crippen LogP contribution in [0.2, 0.25) is 0 Å². The van der Waals surface area contributed by atoms with Crippen LogP contribution in [-0.2, 0) is 81.3 Å². The van der Waals surface area contributed by atoms with E-state index < -0.39 is 74.5 Å². The highest BCUT2D eigenvalue weighted by atomic mass is 16.6. The highest BCUT2D eigenvalue weighted by Crippen LogP contribution is 2.58. The molecule has 7 aliphatic rings. The number of carboxylic acids is 5. The maximum Gasteiger partial charge on any atom is 0.410 e. The third kappa shape index (κ3) is 36.7. The molecule has 7 fully saturated rings. The molecule has 0 aromatic heterocycles. The largest absolute Gasteiger partial charge is 0.481 e. The van der Waals surface area contributed by atoms with Crippen molar-refractivity contribution >= 4 is 88.4 Å². The van der Waals surface area contributed by atoms with Crippen LogP contribution in [-0.4, -0.2) is 176 Å². The number of carbonyl (C=O) groups excluding carboxylic acids is 10. The molecule has 7 rings (SSSR count). The number of ketones is 7. The molecule has 1 saturated heterocycles. The van der Waals surface area contributed by atoms with Gasteiger partial charge in [-0.25, -0.2) is 4.79 Å². The first kappa shape index (κ1) is 113. The number of ether oxygens (including phenoxy) is 3. The zero-order chi connectivity index (χ0) is 94.5. The van der Waals surface area contributed by atoms with Gasteiger partial charge in [0, 0.05) is 93.5 Å². The number of aliphatic carboxylic acids is 5. The molecule has 1 heterocycles. The van der Waals surface area contributed by atoms with Crippen LogP contribution in [0.1, 0.15) is 367 Å². The van der Waals surface area contributed by atoms with Crippen LogP contribution in [0.25, 0.3) is 0 Å². The standard InChI is InChI=1S/2C16H28O3.C15H26N2O5.C14H24O3.3C12H20O3/c1-5-6-11-19-15(18)13-9-7-12(8-10-13)14(17)16(2,3)4;1-5-6-10-19-15(18)13-9-7-8-12(11-13)14(17)16(2,3)4;1-5-8-22-14(21)17-7-6-16(10-12(18)19)9-11(17)13(20)15(2,3)4;1-12(2,3)10(15)9-7-8-14(6,11(16)17)13(9,4)5;1-12(2,3)10(13)8-4-6-9(7-5-8)11(14)15;1-12(2,3)10(13)8-5-4-6-9(7-8)11(14)15;1-11(2,3)9(13)8-12(10(14)15)6-4-5-7-12/h2*12-13H,5-11H2,1-4H3;11H,5-10H2,1-4H3,(H,18,19);9H,7-8H2,1-6H3,(H,16,17);2*8-9H,4-7H2,1-3H3,(H,14,15);4-8H2,1-3H3,(H,14,15). The van der Waals surface area contributed by atoms with E-state index in [0.717, 1.165) is 116 Å². The van der Waals surface area contributed by atoms with Crippen molar-refractivity contribution in [3.8, 4) is 0 Å². The molecule has 7 atom stereocenters. The number of Topliss-reactive ketones (excluding diaryl/α,β-unsaturated/α-hetero) is 7. The predicted molar refractivity (Wildman–Crippen MR) is 472 cm³/mol. The topological polar surface area (TPSA) is 391 Å². The molecule has 0 aromatic rings. The van der Waals surface area contributed by atoms with Crippen molar-refractivity contribution in [3.63, 3.8) is 0 Å². The Kier molecular flexibility index (Phi) is 45.8. The fraction of sp³-hybridized carbons (Fsp3) is 0.845. The lowest BCUT2D eigenvalue weighted by atomic mass is 9.62. The molecule has 6 saturated carbocycles. The Bertz CT molecular complexity index is 3440. The van der Waals surface area contributed by atoms with E-state index >= 15 is 0 Å². The lowest BCUT2D eigenvalue weighted by molar-refractivity contribution is -0.156. The fourth-order valence-electron chi connectivity index (χ4n) is 17.2. The SMILES string of the molecule is CC(C)(C)C(=O)C1CCC(C(=O)O)CC1.CC(C)(C)C(=O)C1CCC(C)(C(=O)O)C1(C)C.CC(C)(C)C(=O)C1CCCC(C(=O)O)C1.CC(C)(C)C(=O)CC1(C(=O)O)CCCC1.CCCCOC(=O)C1CCC(C(=O)C(C)(C)C)CC1.CCCCOC(=O)C1CCCC(C(=O)C(C)(C)C)C1.CCCOC(=O)N1CCN(CC(=O)O)CC1C(=O)C(C)(C)C. The van der Waals surface area contributed by atoms with E-state index in [2.05, 4.69) is 13.8 Å². The van der Waals surface area contributed by atoms with Crippen LogP contribution in [0.5, 0.6) is 0 Å². The minimum Gasteiger partial charge on any atom is -0.481 e. The first-order valence-electron chi connectivity index (χ1n) is 45.7. The summed E-state index contributed by atoms with van der Waals surface area (Å²) in [5, 5.41) is 45.3. The minimum absolute atomic E-state index is 0.0147. The van der Waals surface area contributed by atoms with Crippen molar-refractivity contribution in [1.82, 2.24) is 9.80 Å². The van der Waals surface area contributed by atoms with Crippen molar-refractivity contribution < 1.29 is 112 Å². The van der Waals surface area contributed by atoms with E-state index in [4.69, 9.17) is 29.5 Å². The van der Waals surface area contributed by atoms with Gasteiger partial charge in [-0.05, 0) is 147 Å². The van der Waals surface area contributed by atoms with Crippen molar-refractivity contribution in [3.05, 3.63) is 0 Å². The van der Waals surface area contributed by atoms with Crippen molar-refractivity contribution in [2.24, 2.45) is 107 Å². The monoisotopic (exact) mass is 1730 g/mol. The number of piperazine rings is 1. The van der Waals surface area contributed by atoms with Crippen molar-refractivity contribution in [1.29, 1.82) is 0 Å². The number of unbranched alkanes of at least 4 members (excludes halogenated alkanes) is 2. The van der Waals surface area contributed by atoms with Crippen molar-refractivity contribution in [2.45, 2.75) is 373 Å². The normalized spacial score (nSPS) is 24.8. The van der Waals surface area contributed by atoms with Crippen LogP contribution in [0.15, 0.2) is 0 Å². The molecule has 0 radical (unpaired) electrons. The number of nitrogens with zero attached hydrogens (tertiary/aromatic N) is 2. The van der Waals surface area contributed by atoms with Gasteiger partial charge in [0.25, 0.3) is 0 Å². The van der Waals surface area contributed by atoms with E-state index in [1.807, 2.05) is 145 Å². The summed E-state index contributed by atoms with van der Waals surface area (Å²) in [5.74, 6) is -3.37. The van der Waals surface area contributed by atoms with Crippen LogP contribution in [0, 0.1) is 107 Å². The quantitative estimate of drug-likeness (QED) is 0.0340. The molecule has 122 heavy (non-hydrogen) atoms. The molecule has 702 valence electrons. The maximum absolute atomic E-state index is 12.6. The van der Waals surface area contributed by atoms with Gasteiger partial charge in [0.05, 0.1) is 60.9 Å². The van der Waals surface area contributed by atoms with Gasteiger partial charge in [-0.15, -0.1) is 0 Å². The van der Waals surface area contributed by atoms with Crippen molar-refractivity contribution in [2.75, 3.05) is 46.0 Å². The maximum atomic E-state index is 12.6. The highest BCUT2D eigenvalue weighted by molar-refractivity contribution is 5.93. The van der Waals surface area contributed by atoms with Gasteiger partial charge < -0.3 is 39.7 Å². The van der Waals surface area contributed by atoms with Crippen LogP contribution >= 0.6 is 0 Å². The van der Waals surface area contributed by atoms with Gasteiger partial charge in [0.1, 0.15) is 40.7 Å². The average Bonchev–Trinajstić information content (AvgIpc) is 1.59. The number of hydrogen-bond donors (Lipinski definition) is 5. The molecule has 6 aliphatic carbocycles. The number of esters is 2. The minimum atomic E-state index is -0.941. The van der Waals surface area contributed by atoms with Gasteiger partial charge >= 0.3 is 47.9 Å². The fourth-order valence-corrected chi connectivity index (χ4v) is 17.2. The molecule has 25 nitrogen and oxygen atoms in total. The Hall–Kier alpha value is -6.79. The smallest absolute Gasteiger partial charge is 0.410 e. The van der Waals surface area contributed by atoms with Gasteiger partial charge in [-0.1, -0.05) is 219 Å². The molecular weight excluding hydrogens is 1560 g/mol. The number of amides is 1. The lowest BCUT2D eigenvalue weighted by Crippen LogP contribution is -2.60. The first-order chi connectivity index (χ1) is 55.7. The number of hydrogen-bond acceptors (Lipinski definition) is 19. The van der Waals surface area contributed by atoms with E-state index in [9.17, 15) is 82.1 Å². The lowest BCUT2D eigenvalue weighted by Gasteiger charge is -2.41. The zero-order valence-electron chi connectivity index (χ0n) is 80.5. The summed E-state index contributed by atoms with van der Waals surface area (Å²) in [6, 6.07) is -0.669. The van der Waals surface area contributed by atoms with E-state index in [0.29, 0.717) is 102 Å². The van der Waals surface area contributed by atoms with Gasteiger partial charge in [0.2, 0.25) is 0 Å². The van der Waals surface area contributed by atoms with Gasteiger partial charge in [-0.3, -0.25) is 76.9 Å². The summed E-state index contributed by atoms with van der Waals surface area (Å²) in [6.45, 7) is 53.7. The Labute approximate surface area is 732 Å². The molecule has 0 bridgehead atoms. The second-order valence-corrected chi connectivity index (χ2v) is 43.7. The van der Waals surface area contributed by atoms with Crippen LogP contribution < -0.4 is 0 Å². The summed E-state index contributed by atoms with van der Waals surface area (Å²) in [6.07, 6.45) is 21.3. The summed E-state index contributed by atoms with van der Waals surface area (Å²) in [5.41, 5.74) is -4.67. The van der Waals surface area contributed by atoms with Crippen LogP contribution in [0.3, 0.4) is 0 Å². The van der Waals surface area contributed by atoms with Gasteiger partial charge in [-0.2, -0.15) is 0 Å².